The van der Waals surface area contributed by atoms with Gasteiger partial charge in [0.05, 0.1) is 4.90 Å². The Hall–Kier alpha value is -2.49. The van der Waals surface area contributed by atoms with Crippen molar-refractivity contribution in [2.24, 2.45) is 0 Å². The van der Waals surface area contributed by atoms with Crippen LogP contribution in [0.3, 0.4) is 0 Å². The van der Waals surface area contributed by atoms with Crippen molar-refractivity contribution in [2.45, 2.75) is 31.3 Å². The number of hydroxylamine groups is 1. The highest BCUT2D eigenvalue weighted by Gasteiger charge is 2.33. The number of hydrogen-bond donors (Lipinski definition) is 3. The summed E-state index contributed by atoms with van der Waals surface area (Å²) in [6, 6.07) is 8.73. The topological polar surface area (TPSA) is 113 Å². The minimum atomic E-state index is -4.15. The molecule has 9 heteroatoms. The van der Waals surface area contributed by atoms with Crippen LogP contribution in [0.1, 0.15) is 18.1 Å². The normalized spacial score (nSPS) is 12.8. The summed E-state index contributed by atoms with van der Waals surface area (Å²) in [4.78, 5) is 11.7. The summed E-state index contributed by atoms with van der Waals surface area (Å²) >= 11 is 0. The molecule has 26 heavy (non-hydrogen) atoms. The van der Waals surface area contributed by atoms with Gasteiger partial charge in [-0.25, -0.2) is 18.3 Å². The van der Waals surface area contributed by atoms with Gasteiger partial charge < -0.3 is 5.73 Å². The van der Waals surface area contributed by atoms with Gasteiger partial charge >= 0.3 is 0 Å². The highest BCUT2D eigenvalue weighted by atomic mass is 32.2. The van der Waals surface area contributed by atoms with E-state index in [2.05, 4.69) is 0 Å². The first-order valence-electron chi connectivity index (χ1n) is 7.73. The summed E-state index contributed by atoms with van der Waals surface area (Å²) in [5, 5.41) is 8.89. The second kappa shape index (κ2) is 7.81. The van der Waals surface area contributed by atoms with Crippen LogP contribution in [0.15, 0.2) is 47.4 Å². The lowest BCUT2D eigenvalue weighted by Gasteiger charge is -2.27. The van der Waals surface area contributed by atoms with Crippen LogP contribution in [-0.4, -0.2) is 29.9 Å². The molecule has 1 amide bonds. The standard InChI is InChI=1S/C17H20FN3O4S/c1-11-8-15(6-7-16(11)18)26(24,25)21(12(2)17(22)20-23)10-13-4-3-5-14(19)9-13/h3-9,12,23H,10,19H2,1-2H3,(H,20,22)/t12-/m1/s1. The van der Waals surface area contributed by atoms with Gasteiger partial charge in [0.25, 0.3) is 5.91 Å². The number of nitrogens with two attached hydrogens (primary N) is 1. The van der Waals surface area contributed by atoms with Gasteiger partial charge in [0, 0.05) is 12.2 Å². The lowest BCUT2D eigenvalue weighted by atomic mass is 10.2. The summed E-state index contributed by atoms with van der Waals surface area (Å²) in [6.07, 6.45) is 0. The van der Waals surface area contributed by atoms with Crippen molar-refractivity contribution >= 4 is 21.6 Å². The molecule has 0 bridgehead atoms. The molecule has 4 N–H and O–H groups in total. The Bertz CT molecular complexity index is 918. The van der Waals surface area contributed by atoms with Crippen molar-refractivity contribution in [3.63, 3.8) is 0 Å². The van der Waals surface area contributed by atoms with E-state index in [-0.39, 0.29) is 17.0 Å². The Labute approximate surface area is 151 Å². The fourth-order valence-electron chi connectivity index (χ4n) is 2.44. The fourth-order valence-corrected chi connectivity index (χ4v) is 4.11. The molecule has 0 spiro atoms. The molecule has 0 aromatic heterocycles. The number of halogens is 1. The highest BCUT2D eigenvalue weighted by Crippen LogP contribution is 2.23. The van der Waals surface area contributed by atoms with Gasteiger partial charge in [-0.15, -0.1) is 0 Å². The van der Waals surface area contributed by atoms with Crippen molar-refractivity contribution in [3.05, 3.63) is 59.4 Å². The maximum atomic E-state index is 13.5. The number of carbonyl (C=O) groups is 1. The number of sulfonamides is 1. The number of nitrogens with zero attached hydrogens (tertiary/aromatic N) is 1. The molecular weight excluding hydrogens is 361 g/mol. The molecule has 1 atom stereocenters. The summed E-state index contributed by atoms with van der Waals surface area (Å²) in [5.41, 5.74) is 8.34. The quantitative estimate of drug-likeness (QED) is 0.401. The van der Waals surface area contributed by atoms with Gasteiger partial charge in [0.2, 0.25) is 10.0 Å². The summed E-state index contributed by atoms with van der Waals surface area (Å²) in [5.74, 6) is -1.43. The summed E-state index contributed by atoms with van der Waals surface area (Å²) in [6.45, 7) is 2.63. The molecule has 0 fully saturated rings. The zero-order chi connectivity index (χ0) is 19.5. The number of benzene rings is 2. The van der Waals surface area contributed by atoms with Gasteiger partial charge in [-0.3, -0.25) is 10.0 Å². The average Bonchev–Trinajstić information content (AvgIpc) is 2.60. The second-order valence-corrected chi connectivity index (χ2v) is 7.75. The van der Waals surface area contributed by atoms with Crippen molar-refractivity contribution in [2.75, 3.05) is 5.73 Å². The van der Waals surface area contributed by atoms with E-state index in [9.17, 15) is 17.6 Å². The lowest BCUT2D eigenvalue weighted by Crippen LogP contribution is -2.46. The first-order valence-corrected chi connectivity index (χ1v) is 9.17. The van der Waals surface area contributed by atoms with E-state index < -0.39 is 27.8 Å². The molecule has 2 aromatic carbocycles. The number of nitrogen functional groups attached to an aromatic ring is 1. The fraction of sp³-hybridized carbons (Fsp3) is 0.235. The zero-order valence-corrected chi connectivity index (χ0v) is 15.1. The average molecular weight is 381 g/mol. The van der Waals surface area contributed by atoms with Crippen LogP contribution in [0.2, 0.25) is 0 Å². The van der Waals surface area contributed by atoms with Gasteiger partial charge in [0.1, 0.15) is 11.9 Å². The Balaban J connectivity index is 2.50. The zero-order valence-electron chi connectivity index (χ0n) is 14.3. The van der Waals surface area contributed by atoms with Gasteiger partial charge in [-0.1, -0.05) is 12.1 Å². The molecule has 0 aliphatic rings. The largest absolute Gasteiger partial charge is 0.399 e. The van der Waals surface area contributed by atoms with Gasteiger partial charge in [-0.2, -0.15) is 4.31 Å². The van der Waals surface area contributed by atoms with Crippen LogP contribution in [0.25, 0.3) is 0 Å². The number of nitrogens with one attached hydrogen (secondary N) is 1. The number of aryl methyl sites for hydroxylation is 1. The number of rotatable bonds is 6. The molecule has 0 aliphatic carbocycles. The van der Waals surface area contributed by atoms with Crippen LogP contribution >= 0.6 is 0 Å². The first kappa shape index (κ1) is 19.8. The SMILES string of the molecule is Cc1cc(S(=O)(=O)N(Cc2cccc(N)c2)[C@H](C)C(=O)NO)ccc1F. The molecule has 0 aliphatic heterocycles. The Morgan fingerprint density at radius 2 is 2.00 bits per heavy atom. The summed E-state index contributed by atoms with van der Waals surface area (Å²) in [7, 11) is -4.15. The van der Waals surface area contributed by atoms with E-state index in [0.717, 1.165) is 16.4 Å². The van der Waals surface area contributed by atoms with Gasteiger partial charge in [-0.05, 0) is 55.3 Å². The number of hydrogen-bond acceptors (Lipinski definition) is 5. The van der Waals surface area contributed by atoms with Gasteiger partial charge in [0.15, 0.2) is 0 Å². The molecule has 0 saturated carbocycles. The third kappa shape index (κ3) is 4.18. The van der Waals surface area contributed by atoms with Crippen LogP contribution in [-0.2, 0) is 21.4 Å². The third-order valence-corrected chi connectivity index (χ3v) is 5.86. The molecular formula is C17H20FN3O4S. The third-order valence-electron chi connectivity index (χ3n) is 3.95. The Kier molecular flexibility index (Phi) is 5.96. The van der Waals surface area contributed by atoms with Crippen LogP contribution in [0.4, 0.5) is 10.1 Å². The molecule has 0 unspecified atom stereocenters. The highest BCUT2D eigenvalue weighted by molar-refractivity contribution is 7.89. The first-order chi connectivity index (χ1) is 12.2. The monoisotopic (exact) mass is 381 g/mol. The van der Waals surface area contributed by atoms with E-state index in [4.69, 9.17) is 10.9 Å². The maximum Gasteiger partial charge on any atom is 0.261 e. The predicted octanol–water partition coefficient (Wildman–Crippen LogP) is 1.80. The minimum absolute atomic E-state index is 0.154. The van der Waals surface area contributed by atoms with Crippen molar-refractivity contribution in [1.29, 1.82) is 0 Å². The van der Waals surface area contributed by atoms with E-state index in [0.29, 0.717) is 11.3 Å². The molecule has 2 rings (SSSR count). The lowest BCUT2D eigenvalue weighted by molar-refractivity contribution is -0.132. The smallest absolute Gasteiger partial charge is 0.261 e. The maximum absolute atomic E-state index is 13.5. The van der Waals surface area contributed by atoms with Crippen molar-refractivity contribution in [3.8, 4) is 0 Å². The molecule has 0 saturated heterocycles. The van der Waals surface area contributed by atoms with Crippen LogP contribution in [0.5, 0.6) is 0 Å². The number of anilines is 1. The Morgan fingerprint density at radius 3 is 2.58 bits per heavy atom. The minimum Gasteiger partial charge on any atom is -0.399 e. The van der Waals surface area contributed by atoms with Crippen LogP contribution < -0.4 is 11.2 Å². The molecule has 7 nitrogen and oxygen atoms in total. The molecule has 0 radical (unpaired) electrons. The van der Waals surface area contributed by atoms with E-state index in [1.165, 1.54) is 25.4 Å². The van der Waals surface area contributed by atoms with E-state index >= 15 is 0 Å². The number of carbonyl (C=O) groups excluding carboxylic acids is 1. The second-order valence-electron chi connectivity index (χ2n) is 5.86. The summed E-state index contributed by atoms with van der Waals surface area (Å²) < 4.78 is 40.5. The van der Waals surface area contributed by atoms with E-state index in [1.807, 2.05) is 0 Å². The van der Waals surface area contributed by atoms with Crippen molar-refractivity contribution in [1.82, 2.24) is 9.79 Å². The Morgan fingerprint density at radius 1 is 1.31 bits per heavy atom. The van der Waals surface area contributed by atoms with Crippen LogP contribution in [0, 0.1) is 12.7 Å². The molecule has 2 aromatic rings. The van der Waals surface area contributed by atoms with E-state index in [1.54, 1.807) is 24.3 Å². The molecule has 0 heterocycles. The molecule has 140 valence electrons. The predicted molar refractivity (Wildman–Crippen MR) is 94.1 cm³/mol. The van der Waals surface area contributed by atoms with Crippen molar-refractivity contribution < 1.29 is 22.8 Å². The number of amides is 1.